The van der Waals surface area contributed by atoms with Crippen LogP contribution in [-0.2, 0) is 10.0 Å². The molecular formula is C10H10ClN3O2S2. The molecule has 0 aromatic carbocycles. The predicted octanol–water partition coefficient (Wildman–Crippen LogP) is 2.05. The summed E-state index contributed by atoms with van der Waals surface area (Å²) in [6.45, 7) is 0. The molecule has 1 aliphatic rings. The molecule has 2 aromatic rings. The molecule has 96 valence electrons. The largest absolute Gasteiger partial charge is 0.279 e. The smallest absolute Gasteiger partial charge is 0.260 e. The zero-order valence-electron chi connectivity index (χ0n) is 9.21. The molecule has 1 aliphatic carbocycles. The van der Waals surface area contributed by atoms with E-state index in [0.29, 0.717) is 17.8 Å². The number of hydrogen-bond donors (Lipinski definition) is 1. The molecule has 5 nitrogen and oxygen atoms in total. The maximum Gasteiger partial charge on any atom is 0.260 e. The highest BCUT2D eigenvalue weighted by Gasteiger charge is 2.27. The van der Waals surface area contributed by atoms with Crippen LogP contribution in [0.15, 0.2) is 28.8 Å². The summed E-state index contributed by atoms with van der Waals surface area (Å²) in [5.74, 6) is 0. The van der Waals surface area contributed by atoms with E-state index in [1.807, 2.05) is 12.2 Å². The fourth-order valence-electron chi connectivity index (χ4n) is 1.97. The molecule has 2 heterocycles. The molecule has 18 heavy (non-hydrogen) atoms. The van der Waals surface area contributed by atoms with Gasteiger partial charge in [-0.05, 0) is 12.8 Å². The number of nitrogens with one attached hydrogen (secondary N) is 1. The van der Waals surface area contributed by atoms with Crippen LogP contribution in [0, 0.1) is 0 Å². The van der Waals surface area contributed by atoms with E-state index in [1.165, 1.54) is 15.7 Å². The van der Waals surface area contributed by atoms with Gasteiger partial charge in [-0.15, -0.1) is 11.3 Å². The van der Waals surface area contributed by atoms with Gasteiger partial charge in [0, 0.05) is 17.6 Å². The number of imidazole rings is 1. The van der Waals surface area contributed by atoms with Crippen molar-refractivity contribution < 1.29 is 8.42 Å². The van der Waals surface area contributed by atoms with E-state index < -0.39 is 10.0 Å². The van der Waals surface area contributed by atoms with Gasteiger partial charge in [0.2, 0.25) is 0 Å². The predicted molar refractivity (Wildman–Crippen MR) is 70.6 cm³/mol. The summed E-state index contributed by atoms with van der Waals surface area (Å²) in [4.78, 5) is 4.60. The average molecular weight is 304 g/mol. The van der Waals surface area contributed by atoms with Crippen molar-refractivity contribution in [1.29, 1.82) is 0 Å². The Kier molecular flexibility index (Phi) is 2.93. The van der Waals surface area contributed by atoms with Gasteiger partial charge >= 0.3 is 0 Å². The fraction of sp³-hybridized carbons (Fsp3) is 0.300. The van der Waals surface area contributed by atoms with Crippen LogP contribution >= 0.6 is 22.9 Å². The van der Waals surface area contributed by atoms with E-state index >= 15 is 0 Å². The standard InChI is InChI=1S/C10H10ClN3O2S2/c11-8-9(14-5-6-17-10(14)12-8)18(15,16)13-7-3-1-2-4-7/h1-2,5-7,13H,3-4H2. The summed E-state index contributed by atoms with van der Waals surface area (Å²) < 4.78 is 28.8. The third-order valence-corrected chi connectivity index (χ3v) is 5.44. The van der Waals surface area contributed by atoms with Crippen molar-refractivity contribution in [2.75, 3.05) is 0 Å². The van der Waals surface area contributed by atoms with Crippen molar-refractivity contribution in [2.24, 2.45) is 0 Å². The Balaban J connectivity index is 2.01. The van der Waals surface area contributed by atoms with E-state index in [4.69, 9.17) is 11.6 Å². The van der Waals surface area contributed by atoms with Gasteiger partial charge in [-0.25, -0.2) is 18.1 Å². The lowest BCUT2D eigenvalue weighted by Crippen LogP contribution is -2.33. The van der Waals surface area contributed by atoms with Crippen LogP contribution in [0.25, 0.3) is 4.96 Å². The second-order valence-corrected chi connectivity index (χ2v) is 6.88. The number of aromatic nitrogens is 2. The minimum absolute atomic E-state index is 0.0142. The first kappa shape index (κ1) is 12.2. The molecule has 0 saturated carbocycles. The molecule has 0 fully saturated rings. The highest BCUT2D eigenvalue weighted by molar-refractivity contribution is 7.89. The topological polar surface area (TPSA) is 63.5 Å². The number of hydrogen-bond acceptors (Lipinski definition) is 4. The van der Waals surface area contributed by atoms with Crippen LogP contribution in [0.2, 0.25) is 5.15 Å². The van der Waals surface area contributed by atoms with Crippen LogP contribution < -0.4 is 4.72 Å². The lowest BCUT2D eigenvalue weighted by Gasteiger charge is -2.11. The zero-order valence-corrected chi connectivity index (χ0v) is 11.6. The van der Waals surface area contributed by atoms with E-state index in [1.54, 1.807) is 11.6 Å². The van der Waals surface area contributed by atoms with Gasteiger partial charge in [-0.1, -0.05) is 23.8 Å². The van der Waals surface area contributed by atoms with Crippen LogP contribution in [0.5, 0.6) is 0 Å². The Bertz CT molecular complexity index is 709. The molecule has 1 N–H and O–H groups in total. The van der Waals surface area contributed by atoms with Gasteiger partial charge in [0.25, 0.3) is 10.0 Å². The normalized spacial score (nSPS) is 16.9. The minimum Gasteiger partial charge on any atom is -0.279 e. The Hall–Kier alpha value is -0.890. The number of halogens is 1. The van der Waals surface area contributed by atoms with E-state index in [9.17, 15) is 8.42 Å². The van der Waals surface area contributed by atoms with Gasteiger partial charge < -0.3 is 0 Å². The van der Waals surface area contributed by atoms with E-state index in [0.717, 1.165) is 0 Å². The molecular weight excluding hydrogens is 294 g/mol. The highest BCUT2D eigenvalue weighted by atomic mass is 35.5. The summed E-state index contributed by atoms with van der Waals surface area (Å²) in [5.41, 5.74) is 0. The van der Waals surface area contributed by atoms with Crippen LogP contribution in [0.1, 0.15) is 12.8 Å². The number of sulfonamides is 1. The monoisotopic (exact) mass is 303 g/mol. The van der Waals surface area contributed by atoms with E-state index in [2.05, 4.69) is 9.71 Å². The molecule has 2 aromatic heterocycles. The maximum absolute atomic E-state index is 12.3. The van der Waals surface area contributed by atoms with Crippen LogP contribution in [0.4, 0.5) is 0 Å². The Morgan fingerprint density at radius 3 is 2.89 bits per heavy atom. The first-order valence-electron chi connectivity index (χ1n) is 5.36. The van der Waals surface area contributed by atoms with Crippen molar-refractivity contribution in [3.63, 3.8) is 0 Å². The van der Waals surface area contributed by atoms with Crippen molar-refractivity contribution in [3.8, 4) is 0 Å². The number of fused-ring (bicyclic) bond motifs is 1. The Morgan fingerprint density at radius 2 is 2.17 bits per heavy atom. The van der Waals surface area contributed by atoms with E-state index in [-0.39, 0.29) is 16.2 Å². The molecule has 0 radical (unpaired) electrons. The fourth-order valence-corrected chi connectivity index (χ4v) is 4.68. The summed E-state index contributed by atoms with van der Waals surface area (Å²) >= 11 is 7.26. The molecule has 3 rings (SSSR count). The van der Waals surface area contributed by atoms with Crippen molar-refractivity contribution in [2.45, 2.75) is 23.9 Å². The molecule has 0 unspecified atom stereocenters. The zero-order chi connectivity index (χ0) is 12.8. The van der Waals surface area contributed by atoms with Gasteiger partial charge in [-0.3, -0.25) is 4.40 Å². The SMILES string of the molecule is O=S(=O)(NC1CC=CC1)c1c(Cl)nc2sccn12. The molecule has 0 amide bonds. The first-order valence-corrected chi connectivity index (χ1v) is 8.10. The van der Waals surface area contributed by atoms with Crippen LogP contribution in [0.3, 0.4) is 0 Å². The van der Waals surface area contributed by atoms with Crippen molar-refractivity contribution >= 4 is 37.9 Å². The maximum atomic E-state index is 12.3. The summed E-state index contributed by atoms with van der Waals surface area (Å²) in [6, 6.07) is -0.0877. The molecule has 0 aliphatic heterocycles. The van der Waals surface area contributed by atoms with Gasteiger partial charge in [-0.2, -0.15) is 0 Å². The van der Waals surface area contributed by atoms with Gasteiger partial charge in [0.1, 0.15) is 0 Å². The molecule has 0 bridgehead atoms. The summed E-state index contributed by atoms with van der Waals surface area (Å²) in [5, 5.41) is 1.81. The number of rotatable bonds is 3. The molecule has 8 heteroatoms. The van der Waals surface area contributed by atoms with Crippen molar-refractivity contribution in [1.82, 2.24) is 14.1 Å². The quantitative estimate of drug-likeness (QED) is 0.883. The summed E-state index contributed by atoms with van der Waals surface area (Å²) in [7, 11) is -3.64. The summed E-state index contributed by atoms with van der Waals surface area (Å²) in [6.07, 6.45) is 7.00. The van der Waals surface area contributed by atoms with Gasteiger partial charge in [0.05, 0.1) is 0 Å². The second kappa shape index (κ2) is 4.34. The molecule has 0 saturated heterocycles. The third-order valence-electron chi connectivity index (χ3n) is 2.76. The third kappa shape index (κ3) is 1.97. The number of nitrogens with zero attached hydrogens (tertiary/aromatic N) is 2. The Labute approximate surface area is 113 Å². The highest BCUT2D eigenvalue weighted by Crippen LogP contribution is 2.26. The Morgan fingerprint density at radius 1 is 1.44 bits per heavy atom. The van der Waals surface area contributed by atoms with Crippen LogP contribution in [-0.4, -0.2) is 23.8 Å². The molecule has 0 spiro atoms. The molecule has 0 atom stereocenters. The second-order valence-electron chi connectivity index (χ2n) is 4.02. The number of thiazole rings is 1. The van der Waals surface area contributed by atoms with Gasteiger partial charge in [0.15, 0.2) is 15.1 Å². The lowest BCUT2D eigenvalue weighted by atomic mass is 10.3. The average Bonchev–Trinajstić information content (AvgIpc) is 2.92. The first-order chi connectivity index (χ1) is 8.58. The minimum atomic E-state index is -3.64. The lowest BCUT2D eigenvalue weighted by molar-refractivity contribution is 0.553. The van der Waals surface area contributed by atoms with Crippen molar-refractivity contribution in [3.05, 3.63) is 28.9 Å².